The van der Waals surface area contributed by atoms with Crippen molar-refractivity contribution in [3.8, 4) is 0 Å². The summed E-state index contributed by atoms with van der Waals surface area (Å²) in [5, 5.41) is 11.9. The summed E-state index contributed by atoms with van der Waals surface area (Å²) in [7, 11) is 1.12. The van der Waals surface area contributed by atoms with Gasteiger partial charge in [0.1, 0.15) is 0 Å². The van der Waals surface area contributed by atoms with Crippen molar-refractivity contribution in [2.75, 3.05) is 7.05 Å². The van der Waals surface area contributed by atoms with E-state index < -0.39 is 12.0 Å². The van der Waals surface area contributed by atoms with Crippen LogP contribution in [0.5, 0.6) is 0 Å². The number of carboxylic acid groups (broad SMARTS) is 1. The molecule has 0 aromatic heterocycles. The molecule has 16 heavy (non-hydrogen) atoms. The molecule has 0 fully saturated rings. The Morgan fingerprint density at radius 3 is 2.62 bits per heavy atom. The molecule has 0 saturated carbocycles. The van der Waals surface area contributed by atoms with E-state index in [1.165, 1.54) is 12.1 Å². The largest absolute Gasteiger partial charge is 0.465 e. The van der Waals surface area contributed by atoms with Gasteiger partial charge in [-0.2, -0.15) is 0 Å². The highest BCUT2D eigenvalue weighted by atomic mass is 16.4. The summed E-state index contributed by atoms with van der Waals surface area (Å²) >= 11 is 0. The molecule has 0 heterocycles. The van der Waals surface area contributed by atoms with Crippen LogP contribution in [-0.2, 0) is 0 Å². The van der Waals surface area contributed by atoms with Crippen molar-refractivity contribution >= 4 is 17.7 Å². The van der Waals surface area contributed by atoms with Gasteiger partial charge in [0.15, 0.2) is 0 Å². The Hall–Kier alpha value is -2.53. The van der Waals surface area contributed by atoms with E-state index >= 15 is 0 Å². The number of rotatable bonds is 2. The molecule has 1 rings (SSSR count). The van der Waals surface area contributed by atoms with Crippen LogP contribution in [0, 0.1) is 0 Å². The molecule has 7 heteroatoms. The second kappa shape index (κ2) is 4.81. The second-order valence-electron chi connectivity index (χ2n) is 2.85. The molecule has 0 aliphatic heterocycles. The topological polar surface area (TPSA) is 106 Å². The first-order valence-electron chi connectivity index (χ1n) is 4.23. The van der Waals surface area contributed by atoms with E-state index in [4.69, 9.17) is 10.6 Å². The summed E-state index contributed by atoms with van der Waals surface area (Å²) in [6.07, 6.45) is -1.37. The fourth-order valence-corrected chi connectivity index (χ4v) is 1.06. The Morgan fingerprint density at radius 1 is 1.44 bits per heavy atom. The molecule has 1 aromatic carbocycles. The summed E-state index contributed by atoms with van der Waals surface area (Å²) in [4.78, 5) is 25.3. The Labute approximate surface area is 90.5 Å². The summed E-state index contributed by atoms with van der Waals surface area (Å²) in [6.45, 7) is 0. The number of nitrogens with zero attached hydrogens (tertiary/aromatic N) is 4. The van der Waals surface area contributed by atoms with E-state index in [1.54, 1.807) is 12.1 Å². The minimum absolute atomic E-state index is 0.0465. The molecule has 0 atom stereocenters. The number of hydrogen-bond donors (Lipinski definition) is 1. The first-order valence-corrected chi connectivity index (χ1v) is 4.23. The van der Waals surface area contributed by atoms with Gasteiger partial charge in [0, 0.05) is 17.5 Å². The average Bonchev–Trinajstić information content (AvgIpc) is 2.28. The summed E-state index contributed by atoms with van der Waals surface area (Å²) < 4.78 is 0. The van der Waals surface area contributed by atoms with E-state index in [0.717, 1.165) is 7.05 Å². The first-order chi connectivity index (χ1) is 7.57. The number of azide groups is 1. The Balaban J connectivity index is 3.17. The minimum atomic E-state index is -1.37. The Morgan fingerprint density at radius 2 is 2.06 bits per heavy atom. The molecule has 0 aliphatic carbocycles. The third kappa shape index (κ3) is 2.28. The second-order valence-corrected chi connectivity index (χ2v) is 2.85. The van der Waals surface area contributed by atoms with Crippen molar-refractivity contribution < 1.29 is 14.7 Å². The van der Waals surface area contributed by atoms with Gasteiger partial charge in [-0.15, -0.1) is 0 Å². The Kier molecular flexibility index (Phi) is 3.47. The molecule has 2 amide bonds. The van der Waals surface area contributed by atoms with Crippen molar-refractivity contribution in [2.24, 2.45) is 5.11 Å². The molecule has 0 aliphatic rings. The van der Waals surface area contributed by atoms with Gasteiger partial charge in [0.05, 0.1) is 5.69 Å². The fourth-order valence-electron chi connectivity index (χ4n) is 1.06. The first kappa shape index (κ1) is 11.5. The van der Waals surface area contributed by atoms with Gasteiger partial charge in [-0.25, -0.2) is 9.69 Å². The zero-order valence-corrected chi connectivity index (χ0v) is 8.36. The lowest BCUT2D eigenvalue weighted by Gasteiger charge is -2.12. The van der Waals surface area contributed by atoms with Crippen LogP contribution < -0.4 is 0 Å². The predicted molar refractivity (Wildman–Crippen MR) is 55.4 cm³/mol. The van der Waals surface area contributed by atoms with Crippen LogP contribution in [-0.4, -0.2) is 29.1 Å². The third-order valence-corrected chi connectivity index (χ3v) is 1.88. The van der Waals surface area contributed by atoms with E-state index in [0.29, 0.717) is 4.90 Å². The van der Waals surface area contributed by atoms with Crippen LogP contribution in [0.3, 0.4) is 0 Å². The molecule has 0 spiro atoms. The van der Waals surface area contributed by atoms with Crippen LogP contribution in [0.2, 0.25) is 0 Å². The van der Waals surface area contributed by atoms with Crippen molar-refractivity contribution in [3.63, 3.8) is 0 Å². The summed E-state index contributed by atoms with van der Waals surface area (Å²) in [5.41, 5.74) is 8.44. The molecule has 0 unspecified atom stereocenters. The van der Waals surface area contributed by atoms with Crippen molar-refractivity contribution in [3.05, 3.63) is 40.3 Å². The standard InChI is InChI=1S/C9H8N4O3/c1-13(9(15)16)8(14)6-4-2-3-5-7(6)11-12-10/h2-5H,1H3,(H,15,16). The highest BCUT2D eigenvalue weighted by Crippen LogP contribution is 2.20. The van der Waals surface area contributed by atoms with Crippen molar-refractivity contribution in [1.82, 2.24) is 4.90 Å². The van der Waals surface area contributed by atoms with Crippen molar-refractivity contribution in [2.45, 2.75) is 0 Å². The summed E-state index contributed by atoms with van der Waals surface area (Å²) in [6, 6.07) is 5.97. The molecule has 1 N–H and O–H groups in total. The molecule has 0 bridgehead atoms. The highest BCUT2D eigenvalue weighted by Gasteiger charge is 2.19. The normalized spacial score (nSPS) is 9.06. The predicted octanol–water partition coefficient (Wildman–Crippen LogP) is 2.38. The molecule has 7 nitrogen and oxygen atoms in total. The van der Waals surface area contributed by atoms with Gasteiger partial charge >= 0.3 is 6.09 Å². The fraction of sp³-hybridized carbons (Fsp3) is 0.111. The monoisotopic (exact) mass is 220 g/mol. The molecular formula is C9H8N4O3. The molecule has 0 radical (unpaired) electrons. The maximum absolute atomic E-state index is 11.6. The minimum Gasteiger partial charge on any atom is -0.465 e. The molecule has 0 saturated heterocycles. The number of carbonyl (C=O) groups is 2. The van der Waals surface area contributed by atoms with Crippen LogP contribution in [0.25, 0.3) is 10.4 Å². The number of benzene rings is 1. The zero-order chi connectivity index (χ0) is 12.1. The smallest absolute Gasteiger partial charge is 0.414 e. The lowest BCUT2D eigenvalue weighted by atomic mass is 10.1. The van der Waals surface area contributed by atoms with E-state index in [-0.39, 0.29) is 11.3 Å². The Bertz CT molecular complexity index is 479. The van der Waals surface area contributed by atoms with Gasteiger partial charge in [0.25, 0.3) is 5.91 Å². The lowest BCUT2D eigenvalue weighted by molar-refractivity contribution is 0.0782. The zero-order valence-electron chi connectivity index (χ0n) is 8.36. The van der Waals surface area contributed by atoms with Gasteiger partial charge in [-0.3, -0.25) is 4.79 Å². The van der Waals surface area contributed by atoms with Gasteiger partial charge in [-0.1, -0.05) is 23.3 Å². The van der Waals surface area contributed by atoms with Gasteiger partial charge in [-0.05, 0) is 11.6 Å². The molecule has 1 aromatic rings. The van der Waals surface area contributed by atoms with Gasteiger partial charge < -0.3 is 5.11 Å². The number of imide groups is 1. The highest BCUT2D eigenvalue weighted by molar-refractivity contribution is 6.05. The maximum Gasteiger partial charge on any atom is 0.414 e. The lowest BCUT2D eigenvalue weighted by Crippen LogP contribution is -2.31. The van der Waals surface area contributed by atoms with Crippen LogP contribution in [0.4, 0.5) is 10.5 Å². The number of hydrogen-bond acceptors (Lipinski definition) is 3. The molecular weight excluding hydrogens is 212 g/mol. The summed E-state index contributed by atoms with van der Waals surface area (Å²) in [5.74, 6) is -0.740. The van der Waals surface area contributed by atoms with Gasteiger partial charge in [0.2, 0.25) is 0 Å². The van der Waals surface area contributed by atoms with E-state index in [1.807, 2.05) is 0 Å². The van der Waals surface area contributed by atoms with E-state index in [9.17, 15) is 9.59 Å². The molecule has 82 valence electrons. The number of amides is 2. The SMILES string of the molecule is CN(C(=O)O)C(=O)c1ccccc1N=[N+]=[N-]. The van der Waals surface area contributed by atoms with E-state index in [2.05, 4.69) is 10.0 Å². The quantitative estimate of drug-likeness (QED) is 0.469. The third-order valence-electron chi connectivity index (χ3n) is 1.88. The van der Waals surface area contributed by atoms with Crippen LogP contribution in [0.1, 0.15) is 10.4 Å². The van der Waals surface area contributed by atoms with Crippen molar-refractivity contribution in [1.29, 1.82) is 0 Å². The van der Waals surface area contributed by atoms with Crippen LogP contribution in [0.15, 0.2) is 29.4 Å². The van der Waals surface area contributed by atoms with Crippen LogP contribution >= 0.6 is 0 Å². The average molecular weight is 220 g/mol. The maximum atomic E-state index is 11.6. The number of carbonyl (C=O) groups excluding carboxylic acids is 1.